The minimum absolute atomic E-state index is 0.00745. The number of rotatable bonds is 7. The highest BCUT2D eigenvalue weighted by Crippen LogP contribution is 2.30. The Kier molecular flexibility index (Phi) is 7.38. The number of carbonyl (C=O) groups excluding carboxylic acids is 1. The quantitative estimate of drug-likeness (QED) is 0.525. The first-order valence-corrected chi connectivity index (χ1v) is 12.0. The fraction of sp³-hybridized carbons (Fsp3) is 0.348. The summed E-state index contributed by atoms with van der Waals surface area (Å²) in [5.74, 6) is -0.715. The summed E-state index contributed by atoms with van der Waals surface area (Å²) in [5.41, 5.74) is 0.530. The number of carbonyl (C=O) groups is 1. The second-order valence-corrected chi connectivity index (χ2v) is 9.89. The molecule has 166 valence electrons. The fourth-order valence-electron chi connectivity index (χ4n) is 3.86. The minimum atomic E-state index is -4.13. The molecule has 8 heteroatoms. The van der Waals surface area contributed by atoms with Gasteiger partial charge in [0.1, 0.15) is 10.7 Å². The molecule has 0 N–H and O–H groups in total. The van der Waals surface area contributed by atoms with Crippen molar-refractivity contribution in [1.29, 1.82) is 0 Å². The van der Waals surface area contributed by atoms with E-state index in [1.807, 2.05) is 0 Å². The van der Waals surface area contributed by atoms with Crippen molar-refractivity contribution in [3.8, 4) is 0 Å². The largest absolute Gasteiger partial charge is 0.339 e. The first kappa shape index (κ1) is 23.3. The van der Waals surface area contributed by atoms with Crippen LogP contribution in [0.25, 0.3) is 0 Å². The molecule has 0 spiro atoms. The molecule has 3 rings (SSSR count). The van der Waals surface area contributed by atoms with Gasteiger partial charge in [0.05, 0.1) is 17.3 Å². The van der Waals surface area contributed by atoms with Crippen LogP contribution in [0.15, 0.2) is 60.0 Å². The van der Waals surface area contributed by atoms with Gasteiger partial charge >= 0.3 is 0 Å². The minimum Gasteiger partial charge on any atom is -0.339 e. The SMILES string of the molecule is C=CCN(c1ccc(F)cc1)S(=O)(=O)c1cc(C(=O)N(C)C2CCCCC2)ccc1Cl. The van der Waals surface area contributed by atoms with Crippen molar-refractivity contribution in [2.75, 3.05) is 17.9 Å². The van der Waals surface area contributed by atoms with Crippen LogP contribution in [0, 0.1) is 5.82 Å². The number of hydrogen-bond donors (Lipinski definition) is 0. The van der Waals surface area contributed by atoms with E-state index in [9.17, 15) is 17.6 Å². The van der Waals surface area contributed by atoms with Gasteiger partial charge in [0.15, 0.2) is 0 Å². The van der Waals surface area contributed by atoms with E-state index in [-0.39, 0.29) is 39.7 Å². The summed E-state index contributed by atoms with van der Waals surface area (Å²) >= 11 is 6.25. The molecule has 0 saturated heterocycles. The molecule has 0 aliphatic heterocycles. The van der Waals surface area contributed by atoms with Gasteiger partial charge in [0.2, 0.25) is 0 Å². The van der Waals surface area contributed by atoms with E-state index in [4.69, 9.17) is 11.6 Å². The number of benzene rings is 2. The van der Waals surface area contributed by atoms with Gasteiger partial charge in [-0.3, -0.25) is 9.10 Å². The molecular formula is C23H26ClFN2O3S. The summed E-state index contributed by atoms with van der Waals surface area (Å²) in [4.78, 5) is 14.6. The van der Waals surface area contributed by atoms with Gasteiger partial charge in [-0.2, -0.15) is 0 Å². The molecule has 1 amide bonds. The third kappa shape index (κ3) is 5.10. The Morgan fingerprint density at radius 3 is 2.42 bits per heavy atom. The molecule has 0 aromatic heterocycles. The van der Waals surface area contributed by atoms with Gasteiger partial charge in [0.25, 0.3) is 15.9 Å². The summed E-state index contributed by atoms with van der Waals surface area (Å²) in [5, 5.41) is 0.00745. The Balaban J connectivity index is 1.97. The van der Waals surface area contributed by atoms with Crippen LogP contribution >= 0.6 is 11.6 Å². The van der Waals surface area contributed by atoms with Crippen LogP contribution in [0.1, 0.15) is 42.5 Å². The standard InChI is InChI=1S/C23H26ClFN2O3S/c1-3-15-27(20-12-10-18(25)11-13-20)31(29,30)22-16-17(9-14-21(22)24)23(28)26(2)19-7-5-4-6-8-19/h3,9-14,16,19H,1,4-8,15H2,2H3. The van der Waals surface area contributed by atoms with Crippen LogP contribution in [-0.4, -0.2) is 38.9 Å². The first-order chi connectivity index (χ1) is 14.8. The molecule has 1 fully saturated rings. The van der Waals surface area contributed by atoms with Gasteiger partial charge in [-0.1, -0.05) is 36.9 Å². The highest BCUT2D eigenvalue weighted by Gasteiger charge is 2.29. The van der Waals surface area contributed by atoms with Crippen molar-refractivity contribution in [2.24, 2.45) is 0 Å². The molecule has 1 aliphatic carbocycles. The Morgan fingerprint density at radius 1 is 1.16 bits per heavy atom. The van der Waals surface area contributed by atoms with E-state index in [1.54, 1.807) is 18.0 Å². The highest BCUT2D eigenvalue weighted by atomic mass is 35.5. The molecule has 0 atom stereocenters. The van der Waals surface area contributed by atoms with E-state index in [0.717, 1.165) is 30.0 Å². The average Bonchev–Trinajstić information content (AvgIpc) is 2.78. The van der Waals surface area contributed by atoms with E-state index in [1.165, 1.54) is 48.9 Å². The second kappa shape index (κ2) is 9.83. The van der Waals surface area contributed by atoms with E-state index in [0.29, 0.717) is 0 Å². The van der Waals surface area contributed by atoms with Gasteiger partial charge in [-0.25, -0.2) is 12.8 Å². The van der Waals surface area contributed by atoms with Gasteiger partial charge in [-0.05, 0) is 55.3 Å². The lowest BCUT2D eigenvalue weighted by molar-refractivity contribution is 0.0696. The zero-order valence-corrected chi connectivity index (χ0v) is 19.0. The third-order valence-corrected chi connectivity index (χ3v) is 7.87. The normalized spacial score (nSPS) is 14.8. The molecule has 5 nitrogen and oxygen atoms in total. The summed E-state index contributed by atoms with van der Waals surface area (Å²) in [7, 11) is -2.38. The lowest BCUT2D eigenvalue weighted by atomic mass is 9.94. The molecule has 0 radical (unpaired) electrons. The highest BCUT2D eigenvalue weighted by molar-refractivity contribution is 7.93. The fourth-order valence-corrected chi connectivity index (χ4v) is 5.80. The van der Waals surface area contributed by atoms with Crippen molar-refractivity contribution < 1.29 is 17.6 Å². The topological polar surface area (TPSA) is 57.7 Å². The number of halogens is 2. The maximum absolute atomic E-state index is 13.4. The van der Waals surface area contributed by atoms with Gasteiger partial charge < -0.3 is 4.90 Å². The molecule has 1 aliphatic rings. The van der Waals surface area contributed by atoms with Crippen molar-refractivity contribution in [3.63, 3.8) is 0 Å². The summed E-state index contributed by atoms with van der Waals surface area (Å²) in [6.45, 7) is 3.58. The number of nitrogens with zero attached hydrogens (tertiary/aromatic N) is 2. The van der Waals surface area contributed by atoms with Crippen molar-refractivity contribution in [2.45, 2.75) is 43.0 Å². The summed E-state index contributed by atoms with van der Waals surface area (Å²) in [6, 6.07) is 9.54. The molecule has 0 unspecified atom stereocenters. The second-order valence-electron chi connectivity index (χ2n) is 7.65. The third-order valence-electron chi connectivity index (χ3n) is 5.60. The van der Waals surface area contributed by atoms with Crippen LogP contribution in [0.3, 0.4) is 0 Å². The van der Waals surface area contributed by atoms with Crippen LogP contribution in [0.2, 0.25) is 5.02 Å². The number of anilines is 1. The van der Waals surface area contributed by atoms with Crippen LogP contribution in [-0.2, 0) is 10.0 Å². The first-order valence-electron chi connectivity index (χ1n) is 10.2. The summed E-state index contributed by atoms with van der Waals surface area (Å²) < 4.78 is 41.3. The van der Waals surface area contributed by atoms with Crippen LogP contribution in [0.4, 0.5) is 10.1 Å². The number of sulfonamides is 1. The van der Waals surface area contributed by atoms with Crippen molar-refractivity contribution >= 4 is 33.2 Å². The molecular weight excluding hydrogens is 439 g/mol. The van der Waals surface area contributed by atoms with Crippen molar-refractivity contribution in [1.82, 2.24) is 4.90 Å². The van der Waals surface area contributed by atoms with Crippen molar-refractivity contribution in [3.05, 3.63) is 71.5 Å². The molecule has 0 bridgehead atoms. The zero-order chi connectivity index (χ0) is 22.6. The maximum atomic E-state index is 13.4. The lowest BCUT2D eigenvalue weighted by Gasteiger charge is -2.31. The van der Waals surface area contributed by atoms with Gasteiger partial charge in [-0.15, -0.1) is 6.58 Å². The predicted molar refractivity (Wildman–Crippen MR) is 122 cm³/mol. The maximum Gasteiger partial charge on any atom is 0.266 e. The number of hydrogen-bond acceptors (Lipinski definition) is 3. The predicted octanol–water partition coefficient (Wildman–Crippen LogP) is 5.27. The molecule has 1 saturated carbocycles. The Bertz CT molecular complexity index is 1050. The molecule has 2 aromatic carbocycles. The Morgan fingerprint density at radius 2 is 1.81 bits per heavy atom. The van der Waals surface area contributed by atoms with Crippen LogP contribution < -0.4 is 4.31 Å². The molecule has 0 heterocycles. The molecule has 31 heavy (non-hydrogen) atoms. The van der Waals surface area contributed by atoms with Crippen LogP contribution in [0.5, 0.6) is 0 Å². The van der Waals surface area contributed by atoms with E-state index < -0.39 is 15.8 Å². The Labute approximate surface area is 188 Å². The lowest BCUT2D eigenvalue weighted by Crippen LogP contribution is -2.38. The number of amides is 1. The zero-order valence-electron chi connectivity index (χ0n) is 17.4. The smallest absolute Gasteiger partial charge is 0.266 e. The molecule has 2 aromatic rings. The monoisotopic (exact) mass is 464 g/mol. The van der Waals surface area contributed by atoms with E-state index >= 15 is 0 Å². The van der Waals surface area contributed by atoms with E-state index in [2.05, 4.69) is 6.58 Å². The Hall–Kier alpha value is -2.38. The summed E-state index contributed by atoms with van der Waals surface area (Å²) in [6.07, 6.45) is 6.65. The average molecular weight is 465 g/mol. The van der Waals surface area contributed by atoms with Gasteiger partial charge in [0, 0.05) is 18.7 Å².